The van der Waals surface area contributed by atoms with Crippen LogP contribution in [0.2, 0.25) is 5.02 Å². The Morgan fingerprint density at radius 3 is 2.55 bits per heavy atom. The highest BCUT2D eigenvalue weighted by Gasteiger charge is 2.33. The van der Waals surface area contributed by atoms with E-state index in [2.05, 4.69) is 10.6 Å². The van der Waals surface area contributed by atoms with E-state index < -0.39 is 41.6 Å². The van der Waals surface area contributed by atoms with Crippen LogP contribution >= 0.6 is 11.6 Å². The zero-order valence-corrected chi connectivity index (χ0v) is 24.1. The second kappa shape index (κ2) is 14.6. The number of amides is 2. The lowest BCUT2D eigenvalue weighted by Crippen LogP contribution is -2.54. The van der Waals surface area contributed by atoms with E-state index in [1.165, 1.54) is 18.2 Å². The maximum atomic E-state index is 14.9. The fourth-order valence-electron chi connectivity index (χ4n) is 4.86. The molecule has 0 aromatic heterocycles. The number of hydrogen-bond acceptors (Lipinski definition) is 5. The second-order valence-electron chi connectivity index (χ2n) is 10.6. The molecule has 228 valence electrons. The van der Waals surface area contributed by atoms with Crippen LogP contribution in [0.1, 0.15) is 55.5 Å². The van der Waals surface area contributed by atoms with E-state index in [4.69, 9.17) is 16.9 Å². The number of anilines is 2. The van der Waals surface area contributed by atoms with Crippen molar-refractivity contribution in [2.75, 3.05) is 36.4 Å². The Bertz CT molecular complexity index is 1310. The number of halogens is 6. The van der Waals surface area contributed by atoms with E-state index in [1.807, 2.05) is 29.7 Å². The maximum absolute atomic E-state index is 14.9. The number of nitrogens with one attached hydrogen (secondary N) is 2. The Hall–Kier alpha value is -3.43. The minimum absolute atomic E-state index is 0.0133. The molecule has 13 heteroatoms. The molecule has 42 heavy (non-hydrogen) atoms. The number of benzene rings is 2. The van der Waals surface area contributed by atoms with Crippen molar-refractivity contribution in [1.82, 2.24) is 10.2 Å². The number of nitriles is 1. The molecular formula is C29H33ClF5N5O2. The van der Waals surface area contributed by atoms with Gasteiger partial charge in [0.2, 0.25) is 5.91 Å². The largest absolute Gasteiger partial charge is 0.390 e. The molecule has 3 rings (SSSR count). The number of rotatable bonds is 11. The Balaban J connectivity index is 1.78. The summed E-state index contributed by atoms with van der Waals surface area (Å²) in [6, 6.07) is 8.61. The van der Waals surface area contributed by atoms with Gasteiger partial charge < -0.3 is 15.5 Å². The summed E-state index contributed by atoms with van der Waals surface area (Å²) < 4.78 is 68.4. The topological polar surface area (TPSA) is 88.5 Å². The van der Waals surface area contributed by atoms with Gasteiger partial charge in [-0.3, -0.25) is 14.5 Å². The van der Waals surface area contributed by atoms with Gasteiger partial charge in [-0.1, -0.05) is 31.5 Å². The van der Waals surface area contributed by atoms with Crippen LogP contribution in [-0.2, 0) is 11.3 Å². The average molecular weight is 614 g/mol. The summed E-state index contributed by atoms with van der Waals surface area (Å²) in [5.41, 5.74) is 0.0754. The van der Waals surface area contributed by atoms with Crippen LogP contribution in [0.25, 0.3) is 0 Å². The van der Waals surface area contributed by atoms with E-state index in [-0.39, 0.29) is 49.1 Å². The highest BCUT2D eigenvalue weighted by atomic mass is 35.5. The van der Waals surface area contributed by atoms with Gasteiger partial charge in [-0.15, -0.1) is 0 Å². The van der Waals surface area contributed by atoms with Crippen molar-refractivity contribution in [2.45, 2.75) is 58.3 Å². The smallest absolute Gasteiger partial charge is 0.367 e. The van der Waals surface area contributed by atoms with Gasteiger partial charge in [-0.25, -0.2) is 8.78 Å². The van der Waals surface area contributed by atoms with Crippen molar-refractivity contribution in [2.24, 2.45) is 5.92 Å². The fraction of sp³-hybridized carbons (Fsp3) is 0.483. The number of piperazine rings is 1. The molecule has 2 amide bonds. The molecule has 2 aromatic carbocycles. The number of alkyl halides is 3. The SMILES string of the molecule is CC(C)C[C@H]1CN(c2cc(Cl)ccc2NC(=O)c2ccc(CNC(=O)CCC#N)c(F)c2F)CCN1CCC(F)(F)F. The number of carbonyl (C=O) groups excluding carboxylic acids is 2. The van der Waals surface area contributed by atoms with Gasteiger partial charge in [0.05, 0.1) is 29.4 Å². The third-order valence-corrected chi connectivity index (χ3v) is 7.16. The molecule has 0 spiro atoms. The molecule has 1 heterocycles. The van der Waals surface area contributed by atoms with Gasteiger partial charge >= 0.3 is 6.18 Å². The molecule has 1 aliphatic heterocycles. The van der Waals surface area contributed by atoms with Crippen molar-refractivity contribution < 1.29 is 31.5 Å². The predicted molar refractivity (Wildman–Crippen MR) is 150 cm³/mol. The molecule has 1 saturated heterocycles. The molecule has 7 nitrogen and oxygen atoms in total. The summed E-state index contributed by atoms with van der Waals surface area (Å²) in [6.07, 6.45) is -4.60. The van der Waals surface area contributed by atoms with Gasteiger partial charge in [-0.05, 0) is 36.6 Å². The maximum Gasteiger partial charge on any atom is 0.390 e. The van der Waals surface area contributed by atoms with Crippen LogP contribution in [0.3, 0.4) is 0 Å². The molecule has 2 aromatic rings. The third-order valence-electron chi connectivity index (χ3n) is 6.93. The molecule has 0 unspecified atom stereocenters. The highest BCUT2D eigenvalue weighted by molar-refractivity contribution is 6.31. The molecule has 0 aliphatic carbocycles. The summed E-state index contributed by atoms with van der Waals surface area (Å²) >= 11 is 6.25. The van der Waals surface area contributed by atoms with Gasteiger partial charge in [0, 0.05) is 62.2 Å². The zero-order valence-electron chi connectivity index (χ0n) is 23.3. The molecule has 0 radical (unpaired) electrons. The summed E-state index contributed by atoms with van der Waals surface area (Å²) in [5.74, 6) is -3.85. The first-order valence-corrected chi connectivity index (χ1v) is 13.9. The average Bonchev–Trinajstić information content (AvgIpc) is 2.92. The first-order valence-electron chi connectivity index (χ1n) is 13.6. The molecule has 1 fully saturated rings. The molecule has 1 aliphatic rings. The third kappa shape index (κ3) is 9.29. The Kier molecular flexibility index (Phi) is 11.5. The van der Waals surface area contributed by atoms with Crippen molar-refractivity contribution in [1.29, 1.82) is 5.26 Å². The first-order chi connectivity index (χ1) is 19.8. The normalized spacial score (nSPS) is 15.9. The number of hydrogen-bond donors (Lipinski definition) is 2. The lowest BCUT2D eigenvalue weighted by molar-refractivity contribution is -0.139. The standard InChI is InChI=1S/C29H33ClF5N5O2/c1-18(2)14-21-17-40(13-12-39(21)11-9-29(33,34)35)24-15-20(30)6-8-23(24)38-28(42)22-7-5-19(26(31)27(22)32)16-37-25(41)4-3-10-36/h5-8,15,18,21H,3-4,9,11-14,16-17H2,1-2H3,(H,37,41)(H,38,42)/t21-/m0/s1. The fourth-order valence-corrected chi connectivity index (χ4v) is 5.03. The van der Waals surface area contributed by atoms with Crippen LogP contribution in [-0.4, -0.2) is 55.1 Å². The van der Waals surface area contributed by atoms with E-state index in [9.17, 15) is 31.5 Å². The van der Waals surface area contributed by atoms with E-state index >= 15 is 0 Å². The highest BCUT2D eigenvalue weighted by Crippen LogP contribution is 2.33. The first kappa shape index (κ1) is 33.1. The van der Waals surface area contributed by atoms with E-state index in [1.54, 1.807) is 6.07 Å². The lowest BCUT2D eigenvalue weighted by atomic mass is 9.99. The van der Waals surface area contributed by atoms with Gasteiger partial charge in [-0.2, -0.15) is 18.4 Å². The second-order valence-corrected chi connectivity index (χ2v) is 11.0. The molecule has 0 saturated carbocycles. The zero-order chi connectivity index (χ0) is 31.0. The Morgan fingerprint density at radius 1 is 1.14 bits per heavy atom. The predicted octanol–water partition coefficient (Wildman–Crippen LogP) is 6.28. The minimum Gasteiger partial charge on any atom is -0.367 e. The molecule has 1 atom stereocenters. The summed E-state index contributed by atoms with van der Waals surface area (Å²) in [4.78, 5) is 28.5. The van der Waals surface area contributed by atoms with Crippen molar-refractivity contribution in [3.8, 4) is 6.07 Å². The van der Waals surface area contributed by atoms with Gasteiger partial charge in [0.1, 0.15) is 0 Å². The van der Waals surface area contributed by atoms with Crippen LogP contribution in [0.4, 0.5) is 33.3 Å². The van der Waals surface area contributed by atoms with Crippen molar-refractivity contribution in [3.63, 3.8) is 0 Å². The summed E-state index contributed by atoms with van der Waals surface area (Å²) in [7, 11) is 0. The minimum atomic E-state index is -4.26. The van der Waals surface area contributed by atoms with Crippen LogP contribution < -0.4 is 15.5 Å². The Labute approximate surface area is 246 Å². The van der Waals surface area contributed by atoms with Crippen LogP contribution in [0, 0.1) is 28.9 Å². The van der Waals surface area contributed by atoms with Crippen LogP contribution in [0.5, 0.6) is 0 Å². The van der Waals surface area contributed by atoms with E-state index in [0.29, 0.717) is 36.8 Å². The van der Waals surface area contributed by atoms with Crippen molar-refractivity contribution in [3.05, 3.63) is 58.1 Å². The number of nitrogens with zero attached hydrogens (tertiary/aromatic N) is 3. The van der Waals surface area contributed by atoms with Crippen LogP contribution in [0.15, 0.2) is 30.3 Å². The monoisotopic (exact) mass is 613 g/mol. The van der Waals surface area contributed by atoms with Gasteiger partial charge in [0.25, 0.3) is 5.91 Å². The van der Waals surface area contributed by atoms with E-state index in [0.717, 1.165) is 6.07 Å². The quantitative estimate of drug-likeness (QED) is 0.291. The lowest BCUT2D eigenvalue weighted by Gasteiger charge is -2.43. The number of carbonyl (C=O) groups is 2. The molecule has 0 bridgehead atoms. The molecular weight excluding hydrogens is 581 g/mol. The molecule has 2 N–H and O–H groups in total. The van der Waals surface area contributed by atoms with Gasteiger partial charge in [0.15, 0.2) is 11.6 Å². The Morgan fingerprint density at radius 2 is 1.88 bits per heavy atom. The summed E-state index contributed by atoms with van der Waals surface area (Å²) in [6.45, 7) is 4.67. The summed E-state index contributed by atoms with van der Waals surface area (Å²) in [5, 5.41) is 13.9. The van der Waals surface area contributed by atoms with Crippen molar-refractivity contribution >= 4 is 34.8 Å².